The molecule has 2 unspecified atom stereocenters. The van der Waals surface area contributed by atoms with E-state index in [1.807, 2.05) is 6.08 Å². The van der Waals surface area contributed by atoms with Crippen LogP contribution in [0.25, 0.3) is 0 Å². The van der Waals surface area contributed by atoms with Crippen molar-refractivity contribution in [3.63, 3.8) is 0 Å². The van der Waals surface area contributed by atoms with Gasteiger partial charge in [-0.1, -0.05) is 17.7 Å². The average molecular weight is 228 g/mol. The number of nitrogens with zero attached hydrogens (tertiary/aromatic N) is 1. The Bertz CT molecular complexity index is 264. The van der Waals surface area contributed by atoms with Gasteiger partial charge in [0, 0.05) is 30.5 Å². The van der Waals surface area contributed by atoms with Crippen LogP contribution in [0.3, 0.4) is 0 Å². The van der Waals surface area contributed by atoms with Crippen LogP contribution in [0.4, 0.5) is 0 Å². The highest BCUT2D eigenvalue weighted by Gasteiger charge is 2.37. The van der Waals surface area contributed by atoms with E-state index in [-0.39, 0.29) is 0 Å². The van der Waals surface area contributed by atoms with Crippen LogP contribution in [0.1, 0.15) is 32.1 Å². The number of hydrogen-bond donors (Lipinski definition) is 0. The van der Waals surface area contributed by atoms with Crippen LogP contribution in [0.2, 0.25) is 0 Å². The summed E-state index contributed by atoms with van der Waals surface area (Å²) in [6, 6.07) is 0.493. The number of Topliss-reactive ketones (excluding diaryl/α,β-unsaturated/α-hetero) is 1. The van der Waals surface area contributed by atoms with E-state index in [1.54, 1.807) is 5.54 Å². The lowest BCUT2D eigenvalue weighted by molar-refractivity contribution is -0.122. The van der Waals surface area contributed by atoms with Gasteiger partial charge in [-0.2, -0.15) is 0 Å². The Hall–Kier alpha value is -0.340. The van der Waals surface area contributed by atoms with Crippen molar-refractivity contribution in [3.8, 4) is 0 Å². The van der Waals surface area contributed by atoms with Crippen molar-refractivity contribution < 1.29 is 4.79 Å². The monoisotopic (exact) mass is 227 g/mol. The second kappa shape index (κ2) is 5.13. The van der Waals surface area contributed by atoms with Crippen LogP contribution in [0.15, 0.2) is 11.6 Å². The molecule has 1 aliphatic heterocycles. The van der Waals surface area contributed by atoms with Crippen molar-refractivity contribution in [1.82, 2.24) is 4.90 Å². The average Bonchev–Trinajstić information content (AvgIpc) is 2.82. The maximum absolute atomic E-state index is 11.7. The van der Waals surface area contributed by atoms with Crippen molar-refractivity contribution in [2.75, 3.05) is 13.1 Å². The van der Waals surface area contributed by atoms with E-state index >= 15 is 0 Å². The number of carbonyl (C=O) groups is 1. The van der Waals surface area contributed by atoms with Gasteiger partial charge in [-0.15, -0.1) is 0 Å². The highest BCUT2D eigenvalue weighted by atomic mass is 35.5. The fraction of sp³-hybridized carbons (Fsp3) is 0.750. The normalized spacial score (nSPS) is 33.3. The Kier molecular flexibility index (Phi) is 3.81. The van der Waals surface area contributed by atoms with Gasteiger partial charge in [0.1, 0.15) is 5.78 Å². The standard InChI is InChI=1S/C12H18ClNO/c13-7-3-9-14-8-2-5-11(14)10-4-1-6-12(10)15/h3,7,10-11H,1-2,4-6,8-9H2. The van der Waals surface area contributed by atoms with Crippen LogP contribution in [0.5, 0.6) is 0 Å². The molecular weight excluding hydrogens is 210 g/mol. The maximum Gasteiger partial charge on any atom is 0.137 e. The molecule has 1 heterocycles. The van der Waals surface area contributed by atoms with E-state index in [4.69, 9.17) is 11.6 Å². The summed E-state index contributed by atoms with van der Waals surface area (Å²) in [4.78, 5) is 14.1. The molecule has 2 fully saturated rings. The Labute approximate surface area is 96.3 Å². The van der Waals surface area contributed by atoms with Crippen molar-refractivity contribution in [1.29, 1.82) is 0 Å². The predicted molar refractivity (Wildman–Crippen MR) is 61.9 cm³/mol. The van der Waals surface area contributed by atoms with Gasteiger partial charge in [-0.05, 0) is 32.2 Å². The molecule has 0 bridgehead atoms. The third-order valence-electron chi connectivity index (χ3n) is 3.66. The molecule has 1 aliphatic carbocycles. The Morgan fingerprint density at radius 3 is 2.93 bits per heavy atom. The highest BCUT2D eigenvalue weighted by molar-refractivity contribution is 6.25. The molecule has 15 heavy (non-hydrogen) atoms. The van der Waals surface area contributed by atoms with Crippen LogP contribution in [0, 0.1) is 5.92 Å². The van der Waals surface area contributed by atoms with Gasteiger partial charge < -0.3 is 0 Å². The van der Waals surface area contributed by atoms with E-state index < -0.39 is 0 Å². The first-order valence-electron chi connectivity index (χ1n) is 5.85. The zero-order chi connectivity index (χ0) is 10.7. The van der Waals surface area contributed by atoms with Gasteiger partial charge in [0.25, 0.3) is 0 Å². The summed E-state index contributed by atoms with van der Waals surface area (Å²) >= 11 is 5.54. The van der Waals surface area contributed by atoms with Crippen molar-refractivity contribution >= 4 is 17.4 Å². The number of likely N-dealkylation sites (tertiary alicyclic amines) is 1. The molecule has 84 valence electrons. The molecule has 2 nitrogen and oxygen atoms in total. The fourth-order valence-corrected chi connectivity index (χ4v) is 3.04. The Morgan fingerprint density at radius 2 is 2.27 bits per heavy atom. The molecule has 2 aliphatic rings. The molecule has 0 N–H and O–H groups in total. The minimum atomic E-state index is 0.316. The molecule has 0 aromatic rings. The van der Waals surface area contributed by atoms with Gasteiger partial charge in [-0.25, -0.2) is 0 Å². The summed E-state index contributed by atoms with van der Waals surface area (Å²) in [5, 5.41) is 0. The Morgan fingerprint density at radius 1 is 1.40 bits per heavy atom. The van der Waals surface area contributed by atoms with E-state index in [2.05, 4.69) is 4.90 Å². The lowest BCUT2D eigenvalue weighted by Gasteiger charge is -2.27. The molecule has 0 radical (unpaired) electrons. The number of hydrogen-bond acceptors (Lipinski definition) is 2. The Balaban J connectivity index is 1.97. The van der Waals surface area contributed by atoms with Crippen molar-refractivity contribution in [3.05, 3.63) is 11.6 Å². The maximum atomic E-state index is 11.7. The van der Waals surface area contributed by atoms with Crippen molar-refractivity contribution in [2.45, 2.75) is 38.1 Å². The first-order chi connectivity index (χ1) is 7.33. The number of rotatable bonds is 3. The minimum absolute atomic E-state index is 0.316. The largest absolute Gasteiger partial charge is 0.299 e. The number of ketones is 1. The van der Waals surface area contributed by atoms with Gasteiger partial charge in [0.15, 0.2) is 0 Å². The van der Waals surface area contributed by atoms with Crippen LogP contribution >= 0.6 is 11.6 Å². The molecule has 2 atom stereocenters. The second-order valence-corrected chi connectivity index (χ2v) is 4.78. The summed E-state index contributed by atoms with van der Waals surface area (Å²) in [5.74, 6) is 0.804. The SMILES string of the molecule is O=C1CCCC1C1CCCN1CC=CCl. The zero-order valence-electron chi connectivity index (χ0n) is 8.99. The minimum Gasteiger partial charge on any atom is -0.299 e. The van der Waals surface area contributed by atoms with Gasteiger partial charge >= 0.3 is 0 Å². The third-order valence-corrected chi connectivity index (χ3v) is 3.84. The van der Waals surface area contributed by atoms with Gasteiger partial charge in [-0.3, -0.25) is 9.69 Å². The molecular formula is C12H18ClNO. The lowest BCUT2D eigenvalue weighted by atomic mass is 9.95. The first kappa shape index (κ1) is 11.2. The van der Waals surface area contributed by atoms with Gasteiger partial charge in [0.2, 0.25) is 0 Å². The quantitative estimate of drug-likeness (QED) is 0.739. The number of halogens is 1. The third kappa shape index (κ3) is 2.43. The van der Waals surface area contributed by atoms with Crippen LogP contribution in [-0.2, 0) is 4.79 Å². The molecule has 0 aromatic heterocycles. The first-order valence-corrected chi connectivity index (χ1v) is 6.28. The fourth-order valence-electron chi connectivity index (χ4n) is 2.96. The highest BCUT2D eigenvalue weighted by Crippen LogP contribution is 2.32. The van der Waals surface area contributed by atoms with E-state index in [9.17, 15) is 4.79 Å². The summed E-state index contributed by atoms with van der Waals surface area (Å²) < 4.78 is 0. The van der Waals surface area contributed by atoms with Crippen LogP contribution < -0.4 is 0 Å². The molecule has 0 aromatic carbocycles. The van der Waals surface area contributed by atoms with Crippen LogP contribution in [-0.4, -0.2) is 29.8 Å². The summed E-state index contributed by atoms with van der Waals surface area (Å²) in [7, 11) is 0. The molecule has 1 saturated carbocycles. The lowest BCUT2D eigenvalue weighted by Crippen LogP contribution is -2.37. The number of carbonyl (C=O) groups excluding carboxylic acids is 1. The predicted octanol–water partition coefficient (Wildman–Crippen LogP) is 2.57. The summed E-state index contributed by atoms with van der Waals surface area (Å²) in [5.41, 5.74) is 1.58. The molecule has 0 spiro atoms. The molecule has 1 saturated heterocycles. The van der Waals surface area contributed by atoms with E-state index in [0.29, 0.717) is 17.7 Å². The zero-order valence-corrected chi connectivity index (χ0v) is 9.75. The van der Waals surface area contributed by atoms with E-state index in [0.717, 1.165) is 32.4 Å². The summed E-state index contributed by atoms with van der Waals surface area (Å²) in [6.07, 6.45) is 7.39. The molecule has 3 heteroatoms. The topological polar surface area (TPSA) is 20.3 Å². The van der Waals surface area contributed by atoms with E-state index in [1.165, 1.54) is 12.8 Å². The second-order valence-electron chi connectivity index (χ2n) is 4.53. The summed E-state index contributed by atoms with van der Waals surface area (Å²) in [6.45, 7) is 2.02. The smallest absolute Gasteiger partial charge is 0.137 e. The van der Waals surface area contributed by atoms with Gasteiger partial charge in [0.05, 0.1) is 0 Å². The molecule has 2 rings (SSSR count). The molecule has 0 amide bonds. The van der Waals surface area contributed by atoms with Crippen molar-refractivity contribution in [2.24, 2.45) is 5.92 Å².